The molecule has 0 aliphatic heterocycles. The Kier molecular flexibility index (Phi) is 2.38. The van der Waals surface area contributed by atoms with Gasteiger partial charge in [-0.3, -0.25) is 0 Å². The molecule has 84 valence electrons. The van der Waals surface area contributed by atoms with Crippen LogP contribution in [-0.2, 0) is 0 Å². The summed E-state index contributed by atoms with van der Waals surface area (Å²) in [6.07, 6.45) is 2.81. The van der Waals surface area contributed by atoms with E-state index in [1.807, 2.05) is 12.1 Å². The highest BCUT2D eigenvalue weighted by Gasteiger charge is 2.12. The van der Waals surface area contributed by atoms with Gasteiger partial charge in [0.1, 0.15) is 0 Å². The molecule has 0 spiro atoms. The minimum atomic E-state index is 0.289. The van der Waals surface area contributed by atoms with E-state index in [1.54, 1.807) is 12.1 Å². The van der Waals surface area contributed by atoms with E-state index >= 15 is 0 Å². The molecule has 0 bridgehead atoms. The Hall–Kier alpha value is -2.14. The van der Waals surface area contributed by atoms with Gasteiger partial charge in [-0.1, -0.05) is 28.9 Å². The van der Waals surface area contributed by atoms with Crippen LogP contribution in [0.1, 0.15) is 0 Å². The summed E-state index contributed by atoms with van der Waals surface area (Å²) in [6, 6.07) is 7.21. The number of hydrogen-bond acceptors (Lipinski definition) is 5. The molecule has 0 N–H and O–H groups in total. The summed E-state index contributed by atoms with van der Waals surface area (Å²) in [5, 5.41) is 4.47. The molecular formula is C11H6ClN3O2. The number of benzene rings is 1. The Balaban J connectivity index is 2.01. The van der Waals surface area contributed by atoms with Crippen LogP contribution in [0.25, 0.3) is 23.0 Å². The molecule has 5 nitrogen and oxygen atoms in total. The number of aromatic nitrogens is 3. The van der Waals surface area contributed by atoms with Gasteiger partial charge in [0.2, 0.25) is 11.6 Å². The Labute approximate surface area is 101 Å². The van der Waals surface area contributed by atoms with Crippen LogP contribution in [0.15, 0.2) is 45.8 Å². The van der Waals surface area contributed by atoms with Crippen molar-refractivity contribution in [3.8, 4) is 23.0 Å². The zero-order valence-corrected chi connectivity index (χ0v) is 9.26. The molecule has 0 amide bonds. The van der Waals surface area contributed by atoms with Crippen molar-refractivity contribution in [1.29, 1.82) is 0 Å². The zero-order chi connectivity index (χ0) is 11.7. The third-order valence-corrected chi connectivity index (χ3v) is 2.39. The standard InChI is InChI=1S/C11H6ClN3O2/c12-8-3-1-2-7(4-8)10-14-11(17-15-10)9-5-13-6-16-9/h1-6H. The molecule has 0 saturated heterocycles. The summed E-state index contributed by atoms with van der Waals surface area (Å²) in [4.78, 5) is 7.97. The average Bonchev–Trinajstić information content (AvgIpc) is 3.00. The predicted molar refractivity (Wildman–Crippen MR) is 60.2 cm³/mol. The van der Waals surface area contributed by atoms with Gasteiger partial charge in [-0.2, -0.15) is 4.98 Å². The molecule has 0 fully saturated rings. The van der Waals surface area contributed by atoms with E-state index in [0.29, 0.717) is 16.6 Å². The lowest BCUT2D eigenvalue weighted by Crippen LogP contribution is -1.80. The number of nitrogens with zero attached hydrogens (tertiary/aromatic N) is 3. The normalized spacial score (nSPS) is 10.6. The van der Waals surface area contributed by atoms with Crippen molar-refractivity contribution in [3.63, 3.8) is 0 Å². The van der Waals surface area contributed by atoms with Crippen molar-refractivity contribution in [3.05, 3.63) is 41.9 Å². The van der Waals surface area contributed by atoms with Crippen LogP contribution < -0.4 is 0 Å². The topological polar surface area (TPSA) is 65.0 Å². The van der Waals surface area contributed by atoms with Gasteiger partial charge >= 0.3 is 0 Å². The molecule has 17 heavy (non-hydrogen) atoms. The molecule has 6 heteroatoms. The summed E-state index contributed by atoms with van der Waals surface area (Å²) in [5.74, 6) is 1.18. The van der Waals surface area contributed by atoms with Crippen LogP contribution in [0.2, 0.25) is 5.02 Å². The van der Waals surface area contributed by atoms with Crippen LogP contribution in [0, 0.1) is 0 Å². The number of rotatable bonds is 2. The second kappa shape index (κ2) is 4.03. The average molecular weight is 248 g/mol. The Morgan fingerprint density at radius 3 is 2.94 bits per heavy atom. The highest BCUT2D eigenvalue weighted by Crippen LogP contribution is 2.23. The molecule has 0 aliphatic rings. The molecule has 0 aliphatic carbocycles. The van der Waals surface area contributed by atoms with Crippen molar-refractivity contribution in [1.82, 2.24) is 15.1 Å². The van der Waals surface area contributed by atoms with E-state index in [4.69, 9.17) is 20.5 Å². The highest BCUT2D eigenvalue weighted by atomic mass is 35.5. The summed E-state index contributed by atoms with van der Waals surface area (Å²) >= 11 is 5.89. The maximum atomic E-state index is 5.89. The van der Waals surface area contributed by atoms with E-state index in [2.05, 4.69) is 15.1 Å². The van der Waals surface area contributed by atoms with Gasteiger partial charge in [0.05, 0.1) is 6.20 Å². The Morgan fingerprint density at radius 2 is 2.18 bits per heavy atom. The highest BCUT2D eigenvalue weighted by molar-refractivity contribution is 6.30. The van der Waals surface area contributed by atoms with Crippen LogP contribution in [0.3, 0.4) is 0 Å². The molecule has 2 heterocycles. The maximum Gasteiger partial charge on any atom is 0.295 e. The van der Waals surface area contributed by atoms with E-state index in [9.17, 15) is 0 Å². The van der Waals surface area contributed by atoms with Gasteiger partial charge in [-0.05, 0) is 12.1 Å². The van der Waals surface area contributed by atoms with Crippen molar-refractivity contribution >= 4 is 11.6 Å². The SMILES string of the molecule is Clc1cccc(-c2noc(-c3cnco3)n2)c1. The molecule has 3 rings (SSSR count). The zero-order valence-electron chi connectivity index (χ0n) is 8.50. The first kappa shape index (κ1) is 10.0. The van der Waals surface area contributed by atoms with Gasteiger partial charge in [-0.25, -0.2) is 4.98 Å². The minimum absolute atomic E-state index is 0.289. The number of oxazole rings is 1. The van der Waals surface area contributed by atoms with Crippen LogP contribution >= 0.6 is 11.6 Å². The molecule has 3 aromatic rings. The van der Waals surface area contributed by atoms with Gasteiger partial charge in [0.25, 0.3) is 5.89 Å². The van der Waals surface area contributed by atoms with Gasteiger partial charge in [-0.15, -0.1) is 0 Å². The first-order valence-corrected chi connectivity index (χ1v) is 5.19. The second-order valence-corrected chi connectivity index (χ2v) is 3.74. The third kappa shape index (κ3) is 1.92. The van der Waals surface area contributed by atoms with Crippen molar-refractivity contribution < 1.29 is 8.94 Å². The molecule has 0 radical (unpaired) electrons. The van der Waals surface area contributed by atoms with Gasteiger partial charge in [0, 0.05) is 10.6 Å². The smallest absolute Gasteiger partial charge is 0.295 e. The lowest BCUT2D eigenvalue weighted by molar-refractivity contribution is 0.416. The fraction of sp³-hybridized carbons (Fsp3) is 0. The maximum absolute atomic E-state index is 5.89. The summed E-state index contributed by atoms with van der Waals surface area (Å²) < 4.78 is 10.1. The van der Waals surface area contributed by atoms with Gasteiger partial charge < -0.3 is 8.94 Å². The van der Waals surface area contributed by atoms with E-state index < -0.39 is 0 Å². The molecule has 0 atom stereocenters. The summed E-state index contributed by atoms with van der Waals surface area (Å²) in [6.45, 7) is 0. The van der Waals surface area contributed by atoms with E-state index in [0.717, 1.165) is 5.56 Å². The number of halogens is 1. The monoisotopic (exact) mass is 247 g/mol. The van der Waals surface area contributed by atoms with Crippen LogP contribution in [0.5, 0.6) is 0 Å². The van der Waals surface area contributed by atoms with Crippen molar-refractivity contribution in [2.75, 3.05) is 0 Å². The molecule has 0 saturated carbocycles. The van der Waals surface area contributed by atoms with E-state index in [1.165, 1.54) is 12.6 Å². The quantitative estimate of drug-likeness (QED) is 0.696. The first-order valence-electron chi connectivity index (χ1n) is 4.81. The summed E-state index contributed by atoms with van der Waals surface area (Å²) in [5.41, 5.74) is 0.784. The van der Waals surface area contributed by atoms with Crippen molar-refractivity contribution in [2.45, 2.75) is 0 Å². The molecular weight excluding hydrogens is 242 g/mol. The number of hydrogen-bond donors (Lipinski definition) is 0. The molecule has 0 unspecified atom stereocenters. The second-order valence-electron chi connectivity index (χ2n) is 3.30. The van der Waals surface area contributed by atoms with Crippen molar-refractivity contribution in [2.24, 2.45) is 0 Å². The summed E-state index contributed by atoms with van der Waals surface area (Å²) in [7, 11) is 0. The Morgan fingerprint density at radius 1 is 1.24 bits per heavy atom. The van der Waals surface area contributed by atoms with E-state index in [-0.39, 0.29) is 5.89 Å². The third-order valence-electron chi connectivity index (χ3n) is 2.15. The minimum Gasteiger partial charge on any atom is -0.438 e. The largest absolute Gasteiger partial charge is 0.438 e. The lowest BCUT2D eigenvalue weighted by atomic mass is 10.2. The van der Waals surface area contributed by atoms with Gasteiger partial charge in [0.15, 0.2) is 6.39 Å². The lowest BCUT2D eigenvalue weighted by Gasteiger charge is -1.93. The predicted octanol–water partition coefficient (Wildman–Crippen LogP) is 3.05. The fourth-order valence-corrected chi connectivity index (χ4v) is 1.58. The van der Waals surface area contributed by atoms with Crippen LogP contribution in [-0.4, -0.2) is 15.1 Å². The Bertz CT molecular complexity index is 634. The first-order chi connectivity index (χ1) is 8.33. The molecule has 1 aromatic carbocycles. The molecule has 2 aromatic heterocycles. The van der Waals surface area contributed by atoms with Crippen LogP contribution in [0.4, 0.5) is 0 Å². The fourth-order valence-electron chi connectivity index (χ4n) is 1.39.